The summed E-state index contributed by atoms with van der Waals surface area (Å²) >= 11 is 0. The van der Waals surface area contributed by atoms with Crippen LogP contribution in [-0.4, -0.2) is 23.9 Å². The molecule has 4 nitrogen and oxygen atoms in total. The Morgan fingerprint density at radius 2 is 2.00 bits per heavy atom. The predicted molar refractivity (Wildman–Crippen MR) is 74.5 cm³/mol. The quantitative estimate of drug-likeness (QED) is 0.786. The Kier molecular flexibility index (Phi) is 4.42. The molecule has 0 heterocycles. The van der Waals surface area contributed by atoms with Crippen molar-refractivity contribution in [2.75, 3.05) is 19.0 Å². The molecule has 106 valence electrons. The molecule has 0 aliphatic rings. The van der Waals surface area contributed by atoms with Gasteiger partial charge in [-0.3, -0.25) is 0 Å². The van der Waals surface area contributed by atoms with Gasteiger partial charge in [0.05, 0.1) is 25.4 Å². The van der Waals surface area contributed by atoms with Crippen LogP contribution in [0, 0.1) is 5.82 Å². The lowest BCUT2D eigenvalue weighted by Crippen LogP contribution is -2.15. The van der Waals surface area contributed by atoms with Crippen molar-refractivity contribution in [2.45, 2.75) is 6.04 Å². The van der Waals surface area contributed by atoms with Crippen LogP contribution < -0.4 is 10.1 Å². The summed E-state index contributed by atoms with van der Waals surface area (Å²) in [5, 5.41) is 22.0. The molecule has 1 atom stereocenters. The van der Waals surface area contributed by atoms with Crippen LogP contribution in [0.1, 0.15) is 11.6 Å². The lowest BCUT2D eigenvalue weighted by Gasteiger charge is -2.20. The van der Waals surface area contributed by atoms with Crippen molar-refractivity contribution in [1.29, 1.82) is 0 Å². The third kappa shape index (κ3) is 3.19. The Bertz CT molecular complexity index is 569. The maximum atomic E-state index is 13.3. The van der Waals surface area contributed by atoms with E-state index in [0.29, 0.717) is 17.0 Å². The van der Waals surface area contributed by atoms with Crippen molar-refractivity contribution in [1.82, 2.24) is 0 Å². The van der Waals surface area contributed by atoms with Gasteiger partial charge in [0.25, 0.3) is 0 Å². The second-order valence-corrected chi connectivity index (χ2v) is 4.32. The van der Waals surface area contributed by atoms with Crippen molar-refractivity contribution < 1.29 is 19.3 Å². The van der Waals surface area contributed by atoms with E-state index < -0.39 is 11.9 Å². The molecule has 0 aliphatic carbocycles. The molecule has 0 amide bonds. The standard InChI is InChI=1S/C15H16FNO3/c1-20-15-5-3-2-4-13(15)17-14(9-18)10-6-11(16)8-12(19)7-10/h2-8,14,17-19H,9H2,1H3. The van der Waals surface area contributed by atoms with Crippen LogP contribution in [-0.2, 0) is 0 Å². The minimum absolute atomic E-state index is 0.180. The number of hydrogen-bond donors (Lipinski definition) is 3. The highest BCUT2D eigenvalue weighted by molar-refractivity contribution is 5.57. The number of benzene rings is 2. The first-order valence-corrected chi connectivity index (χ1v) is 6.14. The van der Waals surface area contributed by atoms with Gasteiger partial charge in [-0.1, -0.05) is 12.1 Å². The second-order valence-electron chi connectivity index (χ2n) is 4.32. The van der Waals surface area contributed by atoms with Gasteiger partial charge < -0.3 is 20.3 Å². The maximum Gasteiger partial charge on any atom is 0.141 e. The summed E-state index contributed by atoms with van der Waals surface area (Å²) in [6, 6.07) is 10.4. The van der Waals surface area contributed by atoms with Gasteiger partial charge in [-0.25, -0.2) is 4.39 Å². The number of methoxy groups -OCH3 is 1. The van der Waals surface area contributed by atoms with Crippen LogP contribution in [0.25, 0.3) is 0 Å². The fourth-order valence-electron chi connectivity index (χ4n) is 1.98. The number of phenols is 1. The molecule has 2 aromatic carbocycles. The van der Waals surface area contributed by atoms with E-state index in [1.165, 1.54) is 12.1 Å². The van der Waals surface area contributed by atoms with E-state index in [0.717, 1.165) is 6.07 Å². The highest BCUT2D eigenvalue weighted by atomic mass is 19.1. The molecule has 0 saturated heterocycles. The molecule has 0 aromatic heterocycles. The molecule has 3 N–H and O–H groups in total. The average molecular weight is 277 g/mol. The number of halogens is 1. The molecule has 0 fully saturated rings. The third-order valence-corrected chi connectivity index (χ3v) is 2.93. The zero-order chi connectivity index (χ0) is 14.5. The summed E-state index contributed by atoms with van der Waals surface area (Å²) < 4.78 is 18.5. The second kappa shape index (κ2) is 6.25. The topological polar surface area (TPSA) is 61.7 Å². The van der Waals surface area contributed by atoms with Gasteiger partial charge in [0, 0.05) is 6.07 Å². The van der Waals surface area contributed by atoms with E-state index in [-0.39, 0.29) is 12.4 Å². The number of para-hydroxylation sites is 2. The SMILES string of the molecule is COc1ccccc1NC(CO)c1cc(O)cc(F)c1. The molecule has 2 aromatic rings. The summed E-state index contributed by atoms with van der Waals surface area (Å²) in [4.78, 5) is 0. The summed E-state index contributed by atoms with van der Waals surface area (Å²) in [5.41, 5.74) is 1.13. The van der Waals surface area contributed by atoms with E-state index in [9.17, 15) is 14.6 Å². The molecule has 0 bridgehead atoms. The van der Waals surface area contributed by atoms with Gasteiger partial charge in [0.15, 0.2) is 0 Å². The molecule has 0 spiro atoms. The predicted octanol–water partition coefficient (Wildman–Crippen LogP) is 2.69. The smallest absolute Gasteiger partial charge is 0.141 e. The number of aliphatic hydroxyl groups excluding tert-OH is 1. The number of aromatic hydroxyl groups is 1. The monoisotopic (exact) mass is 277 g/mol. The van der Waals surface area contributed by atoms with Gasteiger partial charge in [-0.05, 0) is 29.8 Å². The van der Waals surface area contributed by atoms with Crippen LogP contribution >= 0.6 is 0 Å². The van der Waals surface area contributed by atoms with Crippen molar-refractivity contribution >= 4 is 5.69 Å². The third-order valence-electron chi connectivity index (χ3n) is 2.93. The van der Waals surface area contributed by atoms with Crippen LogP contribution in [0.3, 0.4) is 0 Å². The van der Waals surface area contributed by atoms with Gasteiger partial charge in [0.1, 0.15) is 17.3 Å². The number of nitrogens with one attached hydrogen (secondary N) is 1. The number of aliphatic hydroxyl groups is 1. The fraction of sp³-hybridized carbons (Fsp3) is 0.200. The van der Waals surface area contributed by atoms with Crippen LogP contribution in [0.5, 0.6) is 11.5 Å². The zero-order valence-electron chi connectivity index (χ0n) is 11.0. The average Bonchev–Trinajstić information content (AvgIpc) is 2.44. The lowest BCUT2D eigenvalue weighted by molar-refractivity contribution is 0.275. The molecular formula is C15H16FNO3. The number of phenolic OH excluding ortho intramolecular Hbond substituents is 1. The minimum atomic E-state index is -0.555. The van der Waals surface area contributed by atoms with E-state index in [1.807, 2.05) is 12.1 Å². The summed E-state index contributed by atoms with van der Waals surface area (Å²) in [7, 11) is 1.54. The van der Waals surface area contributed by atoms with Crippen LogP contribution in [0.2, 0.25) is 0 Å². The maximum absolute atomic E-state index is 13.3. The first-order valence-electron chi connectivity index (χ1n) is 6.14. The van der Waals surface area contributed by atoms with Crippen LogP contribution in [0.4, 0.5) is 10.1 Å². The number of hydrogen-bond acceptors (Lipinski definition) is 4. The fourth-order valence-corrected chi connectivity index (χ4v) is 1.98. The molecule has 0 radical (unpaired) electrons. The van der Waals surface area contributed by atoms with Crippen molar-refractivity contribution in [2.24, 2.45) is 0 Å². The van der Waals surface area contributed by atoms with E-state index in [2.05, 4.69) is 5.32 Å². The molecule has 2 rings (SSSR count). The molecule has 0 saturated carbocycles. The van der Waals surface area contributed by atoms with Crippen LogP contribution in [0.15, 0.2) is 42.5 Å². The van der Waals surface area contributed by atoms with Gasteiger partial charge in [-0.2, -0.15) is 0 Å². The Morgan fingerprint density at radius 3 is 2.65 bits per heavy atom. The van der Waals surface area contributed by atoms with Gasteiger partial charge in [0.2, 0.25) is 0 Å². The Balaban J connectivity index is 2.28. The number of rotatable bonds is 5. The first kappa shape index (κ1) is 14.1. The molecule has 0 aliphatic heterocycles. The largest absolute Gasteiger partial charge is 0.508 e. The lowest BCUT2D eigenvalue weighted by atomic mass is 10.1. The highest BCUT2D eigenvalue weighted by Gasteiger charge is 2.14. The Labute approximate surface area is 116 Å². The van der Waals surface area contributed by atoms with E-state index >= 15 is 0 Å². The minimum Gasteiger partial charge on any atom is -0.508 e. The van der Waals surface area contributed by atoms with Crippen molar-refractivity contribution in [3.8, 4) is 11.5 Å². The van der Waals surface area contributed by atoms with E-state index in [4.69, 9.17) is 4.74 Å². The summed E-state index contributed by atoms with van der Waals surface area (Å²) in [5.74, 6) is -0.118. The highest BCUT2D eigenvalue weighted by Crippen LogP contribution is 2.29. The summed E-state index contributed by atoms with van der Waals surface area (Å²) in [6.45, 7) is -0.249. The normalized spacial score (nSPS) is 11.9. The molecular weight excluding hydrogens is 261 g/mol. The zero-order valence-corrected chi connectivity index (χ0v) is 11.0. The van der Waals surface area contributed by atoms with Gasteiger partial charge in [-0.15, -0.1) is 0 Å². The number of ether oxygens (including phenoxy) is 1. The Hall–Kier alpha value is -2.27. The van der Waals surface area contributed by atoms with E-state index in [1.54, 1.807) is 19.2 Å². The molecule has 20 heavy (non-hydrogen) atoms. The first-order chi connectivity index (χ1) is 9.63. The van der Waals surface area contributed by atoms with Crippen molar-refractivity contribution in [3.05, 3.63) is 53.8 Å². The summed E-state index contributed by atoms with van der Waals surface area (Å²) in [6.07, 6.45) is 0. The molecule has 5 heteroatoms. The molecule has 1 unspecified atom stereocenters. The Morgan fingerprint density at radius 1 is 1.25 bits per heavy atom. The number of anilines is 1. The van der Waals surface area contributed by atoms with Crippen molar-refractivity contribution in [3.63, 3.8) is 0 Å². The van der Waals surface area contributed by atoms with Gasteiger partial charge >= 0.3 is 0 Å².